The largest absolute Gasteiger partial charge is 0.508 e. The zero-order valence-electron chi connectivity index (χ0n) is 22.8. The predicted molar refractivity (Wildman–Crippen MR) is 141 cm³/mol. The van der Waals surface area contributed by atoms with Crippen LogP contribution >= 0.6 is 0 Å². The molecule has 5 N–H and O–H groups in total. The highest BCUT2D eigenvalue weighted by atomic mass is 16.8. The molecular formula is C29H38O12. The van der Waals surface area contributed by atoms with Gasteiger partial charge < -0.3 is 49.2 Å². The minimum atomic E-state index is -1.65. The maximum Gasteiger partial charge on any atom is 0.337 e. The number of aryl methyl sites for hydroxylation is 1. The van der Waals surface area contributed by atoms with Gasteiger partial charge in [0, 0.05) is 24.7 Å². The molecule has 0 unspecified atom stereocenters. The predicted octanol–water partition coefficient (Wildman–Crippen LogP) is 0.480. The van der Waals surface area contributed by atoms with Crippen molar-refractivity contribution in [1.82, 2.24) is 0 Å². The third-order valence-electron chi connectivity index (χ3n) is 7.82. The van der Waals surface area contributed by atoms with Crippen molar-refractivity contribution in [2.75, 3.05) is 13.7 Å². The average molecular weight is 579 g/mol. The fourth-order valence-corrected chi connectivity index (χ4v) is 5.57. The first-order valence-corrected chi connectivity index (χ1v) is 13.6. The maximum absolute atomic E-state index is 12.7. The van der Waals surface area contributed by atoms with Crippen LogP contribution in [0.3, 0.4) is 0 Å². The number of aromatic hydroxyl groups is 1. The van der Waals surface area contributed by atoms with Gasteiger partial charge in [0.2, 0.25) is 6.29 Å². The molecule has 226 valence electrons. The molecular weight excluding hydrogens is 540 g/mol. The quantitative estimate of drug-likeness (QED) is 0.192. The van der Waals surface area contributed by atoms with Crippen molar-refractivity contribution in [1.29, 1.82) is 0 Å². The molecule has 0 radical (unpaired) electrons. The van der Waals surface area contributed by atoms with E-state index >= 15 is 0 Å². The number of ether oxygens (including phenoxy) is 5. The number of hydrogen-bond acceptors (Lipinski definition) is 12. The molecule has 1 aromatic rings. The van der Waals surface area contributed by atoms with E-state index in [0.717, 1.165) is 5.56 Å². The normalized spacial score (nSPS) is 35.7. The van der Waals surface area contributed by atoms with E-state index in [-0.39, 0.29) is 42.5 Å². The van der Waals surface area contributed by atoms with Gasteiger partial charge in [0.05, 0.1) is 37.8 Å². The number of phenolic OH excluding ortho intramolecular Hbond substituents is 1. The summed E-state index contributed by atoms with van der Waals surface area (Å²) in [5.74, 6) is -1.74. The van der Waals surface area contributed by atoms with E-state index in [2.05, 4.69) is 6.58 Å². The summed E-state index contributed by atoms with van der Waals surface area (Å²) < 4.78 is 28.2. The summed E-state index contributed by atoms with van der Waals surface area (Å²) in [4.78, 5) is 25.4. The van der Waals surface area contributed by atoms with Crippen LogP contribution in [0.4, 0.5) is 0 Å². The van der Waals surface area contributed by atoms with Gasteiger partial charge in [-0.25, -0.2) is 4.79 Å². The Morgan fingerprint density at radius 3 is 2.41 bits per heavy atom. The number of phenols is 1. The SMILES string of the molecule is C=C[C@H]1[C@@H](O[C@H]2O[C@@H](CO)[C@H](O)[C@@H](O)[C@@H]2O)OC=C(C(=O)OC)[C@@H]1C[C@@H]1CC(=O)C[C@@H](CCc2ccc(O)cc2)O1. The Balaban J connectivity index is 1.48. The Morgan fingerprint density at radius 2 is 1.76 bits per heavy atom. The van der Waals surface area contributed by atoms with Crippen LogP contribution in [-0.2, 0) is 39.7 Å². The number of methoxy groups -OCH3 is 1. The Bertz CT molecular complexity index is 1090. The van der Waals surface area contributed by atoms with Gasteiger partial charge in [-0.1, -0.05) is 18.2 Å². The lowest BCUT2D eigenvalue weighted by Crippen LogP contribution is -2.60. The van der Waals surface area contributed by atoms with Gasteiger partial charge in [0.15, 0.2) is 6.29 Å². The number of carbonyl (C=O) groups is 2. The minimum Gasteiger partial charge on any atom is -0.508 e. The Labute approximate surface area is 237 Å². The molecule has 2 saturated heterocycles. The molecule has 2 fully saturated rings. The first-order chi connectivity index (χ1) is 19.6. The van der Waals surface area contributed by atoms with E-state index in [9.17, 15) is 35.1 Å². The summed E-state index contributed by atoms with van der Waals surface area (Å²) in [5, 5.41) is 49.7. The first-order valence-electron chi connectivity index (χ1n) is 13.6. The first kappa shape index (κ1) is 31.1. The average Bonchev–Trinajstić information content (AvgIpc) is 2.96. The van der Waals surface area contributed by atoms with Gasteiger partial charge >= 0.3 is 5.97 Å². The number of benzene rings is 1. The van der Waals surface area contributed by atoms with Crippen molar-refractivity contribution in [3.8, 4) is 5.75 Å². The number of hydrogen-bond donors (Lipinski definition) is 5. The van der Waals surface area contributed by atoms with Gasteiger partial charge in [-0.15, -0.1) is 6.58 Å². The topological polar surface area (TPSA) is 181 Å². The number of rotatable bonds is 10. The van der Waals surface area contributed by atoms with Crippen LogP contribution in [0.2, 0.25) is 0 Å². The smallest absolute Gasteiger partial charge is 0.337 e. The van der Waals surface area contributed by atoms with Crippen molar-refractivity contribution in [2.45, 2.75) is 81.3 Å². The van der Waals surface area contributed by atoms with Crippen molar-refractivity contribution in [3.05, 3.63) is 54.3 Å². The van der Waals surface area contributed by atoms with Crippen LogP contribution in [-0.4, -0.2) is 100 Å². The number of aliphatic hydroxyl groups is 4. The van der Waals surface area contributed by atoms with E-state index in [1.807, 2.05) is 12.1 Å². The summed E-state index contributed by atoms with van der Waals surface area (Å²) in [5.41, 5.74) is 1.19. The standard InChI is InChI=1S/C29H38O12/c1-3-20-21(12-19-11-17(32)10-18(39-19)9-6-15-4-7-16(31)8-5-15)22(27(36)37-2)14-38-28(20)41-29-26(35)25(34)24(33)23(13-30)40-29/h3-5,7-8,14,18-21,23-26,28-31,33-35H,1,6,9-13H2,2H3/t18-,19+,20-,21-,23+,24+,25-,26+,28-,29-/m1/s1. The lowest BCUT2D eigenvalue weighted by Gasteiger charge is -2.43. The molecule has 0 amide bonds. The van der Waals surface area contributed by atoms with Crippen LogP contribution < -0.4 is 0 Å². The molecule has 3 aliphatic heterocycles. The van der Waals surface area contributed by atoms with Gasteiger partial charge in [0.1, 0.15) is 35.9 Å². The van der Waals surface area contributed by atoms with Crippen molar-refractivity contribution in [2.24, 2.45) is 11.8 Å². The molecule has 3 aliphatic rings. The fourth-order valence-electron chi connectivity index (χ4n) is 5.57. The van der Waals surface area contributed by atoms with E-state index in [0.29, 0.717) is 12.8 Å². The monoisotopic (exact) mass is 578 g/mol. The summed E-state index contributed by atoms with van der Waals surface area (Å²) in [6, 6.07) is 6.85. The molecule has 12 heteroatoms. The molecule has 0 aliphatic carbocycles. The molecule has 0 spiro atoms. The Kier molecular flexibility index (Phi) is 10.5. The highest BCUT2D eigenvalue weighted by Crippen LogP contribution is 2.39. The molecule has 1 aromatic carbocycles. The fraction of sp³-hybridized carbons (Fsp3) is 0.586. The second-order valence-corrected chi connectivity index (χ2v) is 10.6. The third-order valence-corrected chi connectivity index (χ3v) is 7.82. The van der Waals surface area contributed by atoms with E-state index < -0.39 is 67.5 Å². The molecule has 0 bridgehead atoms. The maximum atomic E-state index is 12.7. The van der Waals surface area contributed by atoms with E-state index in [1.165, 1.54) is 19.4 Å². The molecule has 41 heavy (non-hydrogen) atoms. The molecule has 12 nitrogen and oxygen atoms in total. The summed E-state index contributed by atoms with van der Waals surface area (Å²) in [6.45, 7) is 3.24. The van der Waals surface area contributed by atoms with Gasteiger partial charge in [-0.2, -0.15) is 0 Å². The van der Waals surface area contributed by atoms with E-state index in [1.54, 1.807) is 12.1 Å². The summed E-state index contributed by atoms with van der Waals surface area (Å²) in [7, 11) is 1.24. The number of Topliss-reactive ketones (excluding diaryl/α,β-unsaturated/α-hetero) is 1. The van der Waals surface area contributed by atoms with Crippen molar-refractivity contribution in [3.63, 3.8) is 0 Å². The minimum absolute atomic E-state index is 0.0388. The Hall–Kier alpha value is -2.84. The highest BCUT2D eigenvalue weighted by Gasteiger charge is 2.48. The Morgan fingerprint density at radius 1 is 1.05 bits per heavy atom. The second kappa shape index (κ2) is 13.9. The second-order valence-electron chi connectivity index (χ2n) is 10.6. The van der Waals surface area contributed by atoms with Crippen molar-refractivity contribution < 1.29 is 58.8 Å². The molecule has 0 saturated carbocycles. The molecule has 4 rings (SSSR count). The molecule has 3 heterocycles. The molecule has 0 aromatic heterocycles. The van der Waals surface area contributed by atoms with Crippen molar-refractivity contribution >= 4 is 11.8 Å². The van der Waals surface area contributed by atoms with E-state index in [4.69, 9.17) is 23.7 Å². The molecule has 10 atom stereocenters. The lowest BCUT2D eigenvalue weighted by atomic mass is 9.78. The van der Waals surface area contributed by atoms with Crippen LogP contribution in [0.15, 0.2) is 48.8 Å². The van der Waals surface area contributed by atoms with Crippen LogP contribution in [0, 0.1) is 11.8 Å². The lowest BCUT2D eigenvalue weighted by molar-refractivity contribution is -0.339. The van der Waals surface area contributed by atoms with Crippen LogP contribution in [0.25, 0.3) is 0 Å². The number of esters is 1. The zero-order chi connectivity index (χ0) is 29.7. The number of carbonyl (C=O) groups excluding carboxylic acids is 2. The summed E-state index contributed by atoms with van der Waals surface area (Å²) in [6.07, 6.45) is -4.88. The van der Waals surface area contributed by atoms with Crippen LogP contribution in [0.1, 0.15) is 31.2 Å². The van der Waals surface area contributed by atoms with Gasteiger partial charge in [-0.3, -0.25) is 4.79 Å². The number of aliphatic hydroxyl groups excluding tert-OH is 4. The zero-order valence-corrected chi connectivity index (χ0v) is 22.8. The van der Waals surface area contributed by atoms with Gasteiger partial charge in [0.25, 0.3) is 0 Å². The summed E-state index contributed by atoms with van der Waals surface area (Å²) >= 11 is 0. The van der Waals surface area contributed by atoms with Gasteiger partial charge in [-0.05, 0) is 37.0 Å². The number of ketones is 1. The van der Waals surface area contributed by atoms with Crippen LogP contribution in [0.5, 0.6) is 5.75 Å². The highest BCUT2D eigenvalue weighted by molar-refractivity contribution is 5.89. The third kappa shape index (κ3) is 7.33.